The molecule has 7 nitrogen and oxygen atoms in total. The van der Waals surface area contributed by atoms with Gasteiger partial charge < -0.3 is 14.8 Å². The first-order valence-electron chi connectivity index (χ1n) is 10.5. The first kappa shape index (κ1) is 20.7. The Balaban J connectivity index is 1.53. The summed E-state index contributed by atoms with van der Waals surface area (Å²) >= 11 is 0. The second-order valence-electron chi connectivity index (χ2n) is 8.84. The van der Waals surface area contributed by atoms with Crippen LogP contribution in [0.3, 0.4) is 0 Å². The van der Waals surface area contributed by atoms with E-state index in [1.54, 1.807) is 24.3 Å². The molecule has 0 aliphatic heterocycles. The van der Waals surface area contributed by atoms with E-state index in [1.165, 1.54) is 11.0 Å². The number of phenolic OH excluding ortho intramolecular Hbond substituents is 1. The molecule has 7 heteroatoms. The Labute approximate surface area is 181 Å². The second kappa shape index (κ2) is 8.31. The molecular formula is C24H26N4O3. The lowest BCUT2D eigenvalue weighted by Crippen LogP contribution is -2.39. The zero-order valence-corrected chi connectivity index (χ0v) is 17.5. The monoisotopic (exact) mass is 418 g/mol. The maximum atomic E-state index is 11.9. The molecule has 4 rings (SSSR count). The van der Waals surface area contributed by atoms with Crippen molar-refractivity contribution in [2.75, 3.05) is 11.4 Å². The number of aromatic hydroxyl groups is 1. The normalized spacial score (nSPS) is 21.0. The maximum absolute atomic E-state index is 11.9. The molecule has 31 heavy (non-hydrogen) atoms. The molecule has 0 spiro atoms. The fourth-order valence-electron chi connectivity index (χ4n) is 4.91. The van der Waals surface area contributed by atoms with Gasteiger partial charge in [0.25, 0.3) is 0 Å². The van der Waals surface area contributed by atoms with E-state index in [2.05, 4.69) is 22.5 Å². The van der Waals surface area contributed by atoms with Crippen molar-refractivity contribution in [3.05, 3.63) is 54.4 Å². The number of hydrogen-bond donors (Lipinski definition) is 2. The smallest absolute Gasteiger partial charge is 0.411 e. The van der Waals surface area contributed by atoms with Gasteiger partial charge in [-0.3, -0.25) is 4.90 Å². The highest BCUT2D eigenvalue weighted by Gasteiger charge is 2.35. The van der Waals surface area contributed by atoms with Crippen molar-refractivity contribution < 1.29 is 15.0 Å². The number of benzene rings is 2. The molecule has 2 aromatic carbocycles. The van der Waals surface area contributed by atoms with Crippen molar-refractivity contribution in [3.8, 4) is 11.8 Å². The highest BCUT2D eigenvalue weighted by molar-refractivity contribution is 5.88. The molecule has 2 N–H and O–H groups in total. The number of rotatable bonds is 5. The lowest BCUT2D eigenvalue weighted by Gasteiger charge is -2.40. The summed E-state index contributed by atoms with van der Waals surface area (Å²) in [5, 5.41) is 29.1. The molecule has 1 fully saturated rings. The van der Waals surface area contributed by atoms with E-state index in [0.29, 0.717) is 17.8 Å². The largest absolute Gasteiger partial charge is 0.506 e. The molecule has 2 unspecified atom stereocenters. The van der Waals surface area contributed by atoms with Crippen molar-refractivity contribution in [2.45, 2.75) is 39.2 Å². The molecule has 1 saturated carbocycles. The fourth-order valence-corrected chi connectivity index (χ4v) is 4.91. The average Bonchev–Trinajstić information content (AvgIpc) is 3.14. The van der Waals surface area contributed by atoms with Crippen LogP contribution in [0.2, 0.25) is 0 Å². The number of nitrogens with zero attached hydrogens (tertiary/aromatic N) is 4. The van der Waals surface area contributed by atoms with E-state index < -0.39 is 6.09 Å². The molecule has 0 bridgehead atoms. The standard InChI is InChI=1S/C24H26N4O3/c1-24(15-27-16-26-19-9-8-17(13-25)11-21(19)27)10-4-5-18(12-24)14-28(23(30)31)20-6-2-3-7-22(20)29/h2-3,6-9,11,16,18,29H,4-5,10,12,14-15H2,1H3,(H,30,31). The summed E-state index contributed by atoms with van der Waals surface area (Å²) in [6, 6.07) is 14.3. The van der Waals surface area contributed by atoms with Crippen molar-refractivity contribution >= 4 is 22.8 Å². The van der Waals surface area contributed by atoms with Crippen LogP contribution in [0.25, 0.3) is 11.0 Å². The second-order valence-corrected chi connectivity index (χ2v) is 8.84. The van der Waals surface area contributed by atoms with Gasteiger partial charge in [-0.25, -0.2) is 9.78 Å². The van der Waals surface area contributed by atoms with Gasteiger partial charge in [0.05, 0.1) is 34.7 Å². The summed E-state index contributed by atoms with van der Waals surface area (Å²) in [7, 11) is 0. The lowest BCUT2D eigenvalue weighted by molar-refractivity contribution is 0.136. The van der Waals surface area contributed by atoms with Gasteiger partial charge in [-0.15, -0.1) is 0 Å². The van der Waals surface area contributed by atoms with E-state index >= 15 is 0 Å². The number of aromatic nitrogens is 2. The Morgan fingerprint density at radius 3 is 2.90 bits per heavy atom. The summed E-state index contributed by atoms with van der Waals surface area (Å²) in [6.45, 7) is 3.36. The van der Waals surface area contributed by atoms with Crippen LogP contribution in [0.5, 0.6) is 5.75 Å². The van der Waals surface area contributed by atoms with Crippen LogP contribution in [0.4, 0.5) is 10.5 Å². The number of fused-ring (bicyclic) bond motifs is 1. The number of phenols is 1. The first-order valence-corrected chi connectivity index (χ1v) is 10.5. The molecular weight excluding hydrogens is 392 g/mol. The molecule has 1 aliphatic carbocycles. The van der Waals surface area contributed by atoms with Gasteiger partial charge in [-0.1, -0.05) is 25.5 Å². The van der Waals surface area contributed by atoms with Crippen LogP contribution >= 0.6 is 0 Å². The molecule has 1 aromatic heterocycles. The molecule has 160 valence electrons. The first-order chi connectivity index (χ1) is 14.9. The number of anilines is 1. The minimum atomic E-state index is -1.06. The third kappa shape index (κ3) is 4.33. The van der Waals surface area contributed by atoms with Crippen LogP contribution in [-0.2, 0) is 6.54 Å². The van der Waals surface area contributed by atoms with Gasteiger partial charge >= 0.3 is 6.09 Å². The van der Waals surface area contributed by atoms with Gasteiger partial charge in [0, 0.05) is 13.1 Å². The summed E-state index contributed by atoms with van der Waals surface area (Å²) in [4.78, 5) is 17.7. The van der Waals surface area contributed by atoms with E-state index in [-0.39, 0.29) is 17.1 Å². The Morgan fingerprint density at radius 2 is 2.16 bits per heavy atom. The van der Waals surface area contributed by atoms with Crippen molar-refractivity contribution in [2.24, 2.45) is 11.3 Å². The van der Waals surface area contributed by atoms with Crippen LogP contribution in [0.1, 0.15) is 38.2 Å². The summed E-state index contributed by atoms with van der Waals surface area (Å²) in [5.41, 5.74) is 2.74. The van der Waals surface area contributed by atoms with Gasteiger partial charge in [0.15, 0.2) is 0 Å². The number of carbonyl (C=O) groups is 1. The Kier molecular flexibility index (Phi) is 5.55. The van der Waals surface area contributed by atoms with Crippen molar-refractivity contribution in [1.29, 1.82) is 5.26 Å². The van der Waals surface area contributed by atoms with Gasteiger partial charge in [0.1, 0.15) is 5.75 Å². The number of nitriles is 1. The molecule has 0 saturated heterocycles. The number of hydrogen-bond acceptors (Lipinski definition) is 4. The van der Waals surface area contributed by atoms with E-state index in [1.807, 2.05) is 18.5 Å². The zero-order chi connectivity index (χ0) is 22.0. The van der Waals surface area contributed by atoms with E-state index in [4.69, 9.17) is 0 Å². The average molecular weight is 418 g/mol. The van der Waals surface area contributed by atoms with Crippen LogP contribution in [-0.4, -0.2) is 32.4 Å². The van der Waals surface area contributed by atoms with Crippen molar-refractivity contribution in [3.63, 3.8) is 0 Å². The third-order valence-electron chi connectivity index (χ3n) is 6.32. The Morgan fingerprint density at radius 1 is 1.35 bits per heavy atom. The molecule has 1 aliphatic rings. The number of carboxylic acid groups (broad SMARTS) is 1. The Hall–Kier alpha value is -3.53. The predicted octanol–water partition coefficient (Wildman–Crippen LogP) is 4.99. The molecule has 0 radical (unpaired) electrons. The predicted molar refractivity (Wildman–Crippen MR) is 118 cm³/mol. The fraction of sp³-hybridized carbons (Fsp3) is 0.375. The minimum absolute atomic E-state index is 0.0118. The maximum Gasteiger partial charge on any atom is 0.411 e. The highest BCUT2D eigenvalue weighted by Crippen LogP contribution is 2.42. The van der Waals surface area contributed by atoms with Gasteiger partial charge in [-0.05, 0) is 60.9 Å². The van der Waals surface area contributed by atoms with Crippen LogP contribution < -0.4 is 4.90 Å². The number of amides is 1. The third-order valence-corrected chi connectivity index (χ3v) is 6.32. The summed E-state index contributed by atoms with van der Waals surface area (Å²) in [6.07, 6.45) is 4.67. The molecule has 2 atom stereocenters. The molecule has 3 aromatic rings. The topological polar surface area (TPSA) is 102 Å². The molecule has 1 amide bonds. The zero-order valence-electron chi connectivity index (χ0n) is 17.5. The number of para-hydroxylation sites is 2. The van der Waals surface area contributed by atoms with E-state index in [0.717, 1.165) is 43.3 Å². The van der Waals surface area contributed by atoms with E-state index in [9.17, 15) is 20.3 Å². The van der Waals surface area contributed by atoms with Crippen molar-refractivity contribution in [1.82, 2.24) is 9.55 Å². The minimum Gasteiger partial charge on any atom is -0.506 e. The van der Waals surface area contributed by atoms with Gasteiger partial charge in [-0.2, -0.15) is 5.26 Å². The highest BCUT2D eigenvalue weighted by atomic mass is 16.4. The summed E-state index contributed by atoms with van der Waals surface area (Å²) in [5.74, 6) is 0.167. The van der Waals surface area contributed by atoms with Crippen LogP contribution in [0, 0.1) is 22.7 Å². The van der Waals surface area contributed by atoms with Crippen LogP contribution in [0.15, 0.2) is 48.8 Å². The van der Waals surface area contributed by atoms with Gasteiger partial charge in [0.2, 0.25) is 0 Å². The SMILES string of the molecule is CC1(Cn2cnc3ccc(C#N)cc32)CCCC(CN(C(=O)O)c2ccccc2O)C1. The Bertz CT molecular complexity index is 1150. The summed E-state index contributed by atoms with van der Waals surface area (Å²) < 4.78 is 2.11. The quantitative estimate of drug-likeness (QED) is 0.607. The molecule has 1 heterocycles. The number of imidazole rings is 1. The lowest BCUT2D eigenvalue weighted by atomic mass is 9.70.